The molecule has 2 aromatic carbocycles. The van der Waals surface area contributed by atoms with Gasteiger partial charge in [0.15, 0.2) is 6.10 Å². The fraction of sp³-hybridized carbons (Fsp3) is 0.250. The van der Waals surface area contributed by atoms with Gasteiger partial charge in [-0.15, -0.1) is 0 Å². The summed E-state index contributed by atoms with van der Waals surface area (Å²) in [6.07, 6.45) is -3.06. The van der Waals surface area contributed by atoms with Crippen molar-refractivity contribution < 1.29 is 22.7 Å². The third-order valence-corrected chi connectivity index (χ3v) is 4.71. The highest BCUT2D eigenvalue weighted by Gasteiger charge is 2.23. The molecule has 1 N–H and O–H groups in total. The average Bonchev–Trinajstić information content (AvgIpc) is 3.11. The highest BCUT2D eigenvalue weighted by Crippen LogP contribution is 2.29. The van der Waals surface area contributed by atoms with Crippen molar-refractivity contribution in [3.8, 4) is 11.4 Å². The van der Waals surface area contributed by atoms with E-state index in [9.17, 15) is 22.8 Å². The Kier molecular flexibility index (Phi) is 6.69. The third-order valence-electron chi connectivity index (χ3n) is 4.40. The molecule has 1 aromatic heterocycles. The van der Waals surface area contributed by atoms with E-state index in [-0.39, 0.29) is 27.7 Å². The highest BCUT2D eigenvalue weighted by atomic mass is 35.5. The number of aryl methyl sites for hydroxylation is 1. The predicted molar refractivity (Wildman–Crippen MR) is 109 cm³/mol. The molecule has 31 heavy (non-hydrogen) atoms. The van der Waals surface area contributed by atoms with Crippen molar-refractivity contribution in [1.29, 1.82) is 0 Å². The molecular formula is C20H18ClF3N4O3. The van der Waals surface area contributed by atoms with Crippen molar-refractivity contribution in [1.82, 2.24) is 14.3 Å². The van der Waals surface area contributed by atoms with Crippen molar-refractivity contribution in [2.24, 2.45) is 0 Å². The normalized spacial score (nSPS) is 12.1. The molecule has 0 bridgehead atoms. The topological polar surface area (TPSA) is 78.2 Å². The number of nitrogens with zero attached hydrogens (tertiary/aromatic N) is 3. The Hall–Kier alpha value is -3.27. The Balaban J connectivity index is 2.03. The lowest BCUT2D eigenvalue weighted by Gasteiger charge is -2.18. The molecule has 11 heteroatoms. The molecule has 0 aliphatic heterocycles. The zero-order valence-corrected chi connectivity index (χ0v) is 17.2. The minimum atomic E-state index is -2.83. The number of anilines is 1. The highest BCUT2D eigenvalue weighted by molar-refractivity contribution is 6.34. The molecule has 1 unspecified atom stereocenters. The number of rotatable bonds is 7. The van der Waals surface area contributed by atoms with Crippen molar-refractivity contribution in [2.45, 2.75) is 32.9 Å². The van der Waals surface area contributed by atoms with Gasteiger partial charge in [-0.05, 0) is 38.1 Å². The molecule has 164 valence electrons. The second kappa shape index (κ2) is 9.25. The molecule has 0 spiro atoms. The van der Waals surface area contributed by atoms with Crippen LogP contribution in [-0.2, 0) is 6.54 Å². The van der Waals surface area contributed by atoms with E-state index in [1.807, 2.05) is 0 Å². The molecule has 3 aromatic rings. The van der Waals surface area contributed by atoms with Crippen LogP contribution in [0.5, 0.6) is 5.75 Å². The van der Waals surface area contributed by atoms with Gasteiger partial charge in [0.2, 0.25) is 0 Å². The Morgan fingerprint density at radius 3 is 2.65 bits per heavy atom. The van der Waals surface area contributed by atoms with Gasteiger partial charge in [-0.3, -0.25) is 9.36 Å². The van der Waals surface area contributed by atoms with Crippen LogP contribution in [0.1, 0.15) is 24.2 Å². The van der Waals surface area contributed by atoms with Crippen LogP contribution in [0, 0.1) is 5.82 Å². The summed E-state index contributed by atoms with van der Waals surface area (Å²) < 4.78 is 47.8. The number of halogens is 4. The number of amides is 1. The number of benzene rings is 2. The van der Waals surface area contributed by atoms with Gasteiger partial charge < -0.3 is 10.1 Å². The van der Waals surface area contributed by atoms with Gasteiger partial charge in [0.1, 0.15) is 17.9 Å². The van der Waals surface area contributed by atoms with E-state index >= 15 is 0 Å². The molecule has 0 aliphatic rings. The minimum Gasteiger partial charge on any atom is -0.484 e. The van der Waals surface area contributed by atoms with Gasteiger partial charge in [-0.2, -0.15) is 9.78 Å². The van der Waals surface area contributed by atoms with Gasteiger partial charge in [0, 0.05) is 12.6 Å². The standard InChI is InChI=1S/C20H18ClF3N4O3/c1-3-27-10-25-28(20(27)30)12-7-8-13(16(9-12)31-11(2)18(23)24)19(29)26-17-14(21)5-4-6-15(17)22/h4-11,18H,3H2,1-2H3,(H,26,29). The first-order valence-electron chi connectivity index (χ1n) is 9.22. The summed E-state index contributed by atoms with van der Waals surface area (Å²) in [5.41, 5.74) is -0.664. The van der Waals surface area contributed by atoms with Crippen LogP contribution in [0.15, 0.2) is 47.5 Å². The van der Waals surface area contributed by atoms with E-state index in [1.165, 1.54) is 41.2 Å². The van der Waals surface area contributed by atoms with Crippen LogP contribution in [-0.4, -0.2) is 32.8 Å². The van der Waals surface area contributed by atoms with Crippen LogP contribution >= 0.6 is 11.6 Å². The summed E-state index contributed by atoms with van der Waals surface area (Å²) in [6.45, 7) is 3.27. The maximum atomic E-state index is 14.0. The maximum Gasteiger partial charge on any atom is 0.350 e. The second-order valence-corrected chi connectivity index (χ2v) is 6.91. The molecule has 0 saturated heterocycles. The first kappa shape index (κ1) is 22.4. The van der Waals surface area contributed by atoms with Gasteiger partial charge >= 0.3 is 5.69 Å². The van der Waals surface area contributed by atoms with Crippen LogP contribution in [0.3, 0.4) is 0 Å². The van der Waals surface area contributed by atoms with Crippen molar-refractivity contribution in [3.05, 3.63) is 69.6 Å². The molecule has 1 atom stereocenters. The Labute approximate surface area is 180 Å². The quantitative estimate of drug-likeness (QED) is 0.582. The zero-order valence-electron chi connectivity index (χ0n) is 16.5. The second-order valence-electron chi connectivity index (χ2n) is 6.50. The largest absolute Gasteiger partial charge is 0.484 e. The summed E-state index contributed by atoms with van der Waals surface area (Å²) in [5.74, 6) is -1.83. The fourth-order valence-electron chi connectivity index (χ4n) is 2.71. The summed E-state index contributed by atoms with van der Waals surface area (Å²) >= 11 is 5.93. The number of carbonyl (C=O) groups is 1. The summed E-state index contributed by atoms with van der Waals surface area (Å²) in [5, 5.41) is 6.26. The van der Waals surface area contributed by atoms with Crippen molar-refractivity contribution in [2.75, 3.05) is 5.32 Å². The monoisotopic (exact) mass is 454 g/mol. The Morgan fingerprint density at radius 1 is 1.29 bits per heavy atom. The van der Waals surface area contributed by atoms with Gasteiger partial charge in [-0.1, -0.05) is 17.7 Å². The molecule has 7 nitrogen and oxygen atoms in total. The molecule has 0 fully saturated rings. The SMILES string of the molecule is CCn1cnn(-c2ccc(C(=O)Nc3c(F)cccc3Cl)c(OC(C)C(F)F)c2)c1=O. The number of carbonyl (C=O) groups excluding carboxylic acids is 1. The smallest absolute Gasteiger partial charge is 0.350 e. The Bertz CT molecular complexity index is 1140. The molecule has 0 aliphatic carbocycles. The first-order chi connectivity index (χ1) is 14.7. The predicted octanol–water partition coefficient (Wildman–Crippen LogP) is 4.13. The zero-order chi connectivity index (χ0) is 22.7. The molecule has 0 radical (unpaired) electrons. The molecule has 0 saturated carbocycles. The van der Waals surface area contributed by atoms with Crippen molar-refractivity contribution >= 4 is 23.2 Å². The molecule has 1 amide bonds. The summed E-state index contributed by atoms with van der Waals surface area (Å²) in [6, 6.07) is 7.77. The van der Waals surface area contributed by atoms with E-state index in [2.05, 4.69) is 10.4 Å². The average molecular weight is 455 g/mol. The van der Waals surface area contributed by atoms with Crippen LogP contribution in [0.25, 0.3) is 5.69 Å². The van der Waals surface area contributed by atoms with Gasteiger partial charge in [-0.25, -0.2) is 18.0 Å². The number of hydrogen-bond acceptors (Lipinski definition) is 4. The summed E-state index contributed by atoms with van der Waals surface area (Å²) in [4.78, 5) is 25.1. The van der Waals surface area contributed by atoms with Gasteiger partial charge in [0.05, 0.1) is 22.0 Å². The van der Waals surface area contributed by atoms with Gasteiger partial charge in [0.25, 0.3) is 12.3 Å². The van der Waals surface area contributed by atoms with E-state index in [0.29, 0.717) is 6.54 Å². The van der Waals surface area contributed by atoms with Crippen LogP contribution in [0.2, 0.25) is 5.02 Å². The van der Waals surface area contributed by atoms with Crippen LogP contribution in [0.4, 0.5) is 18.9 Å². The summed E-state index contributed by atoms with van der Waals surface area (Å²) in [7, 11) is 0. The molecule has 1 heterocycles. The lowest BCUT2D eigenvalue weighted by Crippen LogP contribution is -2.25. The number of ether oxygens (including phenoxy) is 1. The third kappa shape index (κ3) is 4.74. The maximum absolute atomic E-state index is 14.0. The fourth-order valence-corrected chi connectivity index (χ4v) is 2.92. The number of hydrogen-bond donors (Lipinski definition) is 1. The number of para-hydroxylation sites is 1. The molecule has 3 rings (SSSR count). The Morgan fingerprint density at radius 2 is 2.03 bits per heavy atom. The van der Waals surface area contributed by atoms with E-state index < -0.39 is 29.9 Å². The van der Waals surface area contributed by atoms with E-state index in [4.69, 9.17) is 16.3 Å². The van der Waals surface area contributed by atoms with Crippen LogP contribution < -0.4 is 15.7 Å². The lowest BCUT2D eigenvalue weighted by molar-refractivity contribution is 0.0221. The minimum absolute atomic E-state index is 0.0370. The first-order valence-corrected chi connectivity index (χ1v) is 9.59. The van der Waals surface area contributed by atoms with Crippen molar-refractivity contribution in [3.63, 3.8) is 0 Å². The van der Waals surface area contributed by atoms with E-state index in [1.54, 1.807) is 6.92 Å². The number of nitrogens with one attached hydrogen (secondary N) is 1. The molecular weight excluding hydrogens is 437 g/mol. The lowest BCUT2D eigenvalue weighted by atomic mass is 10.1. The number of aromatic nitrogens is 3. The number of alkyl halides is 2. The van der Waals surface area contributed by atoms with E-state index in [0.717, 1.165) is 17.7 Å².